The first kappa shape index (κ1) is 22.5. The van der Waals surface area contributed by atoms with Gasteiger partial charge in [-0.15, -0.1) is 0 Å². The van der Waals surface area contributed by atoms with E-state index in [0.29, 0.717) is 23.7 Å². The molecule has 0 spiro atoms. The van der Waals surface area contributed by atoms with Gasteiger partial charge in [0.05, 0.1) is 6.10 Å². The van der Waals surface area contributed by atoms with Crippen LogP contribution in [0.5, 0.6) is 0 Å². The first-order valence-electron chi connectivity index (χ1n) is 10.7. The fourth-order valence-corrected chi connectivity index (χ4v) is 6.18. The van der Waals surface area contributed by atoms with Crippen molar-refractivity contribution in [1.29, 1.82) is 0 Å². The second-order valence-corrected chi connectivity index (χ2v) is 10.6. The van der Waals surface area contributed by atoms with E-state index < -0.39 is 5.97 Å². The van der Waals surface area contributed by atoms with Gasteiger partial charge < -0.3 is 10.2 Å². The zero-order valence-electron chi connectivity index (χ0n) is 17.6. The molecule has 0 radical (unpaired) electrons. The average molecular weight is 508 g/mol. The lowest BCUT2D eigenvalue weighted by Gasteiger charge is -2.56. The van der Waals surface area contributed by atoms with Crippen LogP contribution in [-0.2, 0) is 11.2 Å². The van der Waals surface area contributed by atoms with Gasteiger partial charge in [-0.05, 0) is 108 Å². The summed E-state index contributed by atoms with van der Waals surface area (Å²) in [7, 11) is 0. The number of benzene rings is 1. The SMILES string of the molecule is C/C(=C\C=C\C(=O)O)[C@@H]1CC[C@H]2[C@H](Cc3ccc(I)cc3)[C@H](O)C[C@@H](C)[C@]2(C)C1. The number of hydrogen-bond acceptors (Lipinski definition) is 2. The molecule has 2 aliphatic carbocycles. The summed E-state index contributed by atoms with van der Waals surface area (Å²) in [4.78, 5) is 10.7. The molecular formula is C25H33IO3. The molecule has 29 heavy (non-hydrogen) atoms. The largest absolute Gasteiger partial charge is 0.478 e. The Kier molecular flexibility index (Phi) is 7.26. The quantitative estimate of drug-likeness (QED) is 0.298. The number of aliphatic hydroxyl groups is 1. The van der Waals surface area contributed by atoms with E-state index in [4.69, 9.17) is 5.11 Å². The summed E-state index contributed by atoms with van der Waals surface area (Å²) in [6.07, 6.45) is 9.79. The minimum Gasteiger partial charge on any atom is -0.478 e. The lowest BCUT2D eigenvalue weighted by atomic mass is 9.49. The van der Waals surface area contributed by atoms with E-state index in [1.165, 1.54) is 20.8 Å². The molecule has 2 aliphatic rings. The third-order valence-corrected chi connectivity index (χ3v) is 8.44. The minimum absolute atomic E-state index is 0.210. The highest BCUT2D eigenvalue weighted by Crippen LogP contribution is 2.58. The molecule has 0 bridgehead atoms. The normalized spacial score (nSPS) is 35.5. The number of carbonyl (C=O) groups is 1. The Morgan fingerprint density at radius 3 is 2.62 bits per heavy atom. The number of carboxylic acids is 1. The Labute approximate surface area is 188 Å². The number of aliphatic carboxylic acids is 1. The number of fused-ring (bicyclic) bond motifs is 1. The minimum atomic E-state index is -0.905. The molecular weight excluding hydrogens is 475 g/mol. The van der Waals surface area contributed by atoms with E-state index >= 15 is 0 Å². The van der Waals surface area contributed by atoms with Gasteiger partial charge in [-0.3, -0.25) is 0 Å². The van der Waals surface area contributed by atoms with Crippen LogP contribution in [0.4, 0.5) is 0 Å². The van der Waals surface area contributed by atoms with Crippen LogP contribution in [-0.4, -0.2) is 22.3 Å². The molecule has 0 heterocycles. The van der Waals surface area contributed by atoms with Crippen molar-refractivity contribution in [2.45, 2.75) is 59.0 Å². The van der Waals surface area contributed by atoms with Gasteiger partial charge in [-0.1, -0.05) is 43.7 Å². The molecule has 2 fully saturated rings. The van der Waals surface area contributed by atoms with Gasteiger partial charge >= 0.3 is 5.97 Å². The van der Waals surface area contributed by atoms with Crippen molar-refractivity contribution in [2.24, 2.45) is 29.1 Å². The predicted octanol–water partition coefficient (Wildman–Crippen LogP) is 5.86. The Morgan fingerprint density at radius 1 is 1.28 bits per heavy atom. The van der Waals surface area contributed by atoms with Crippen LogP contribution < -0.4 is 0 Å². The third-order valence-electron chi connectivity index (χ3n) is 7.72. The summed E-state index contributed by atoms with van der Waals surface area (Å²) in [5.41, 5.74) is 2.81. The maximum atomic E-state index is 11.0. The van der Waals surface area contributed by atoms with E-state index in [1.54, 1.807) is 6.08 Å². The number of hydrogen-bond donors (Lipinski definition) is 2. The highest BCUT2D eigenvalue weighted by atomic mass is 127. The first-order valence-corrected chi connectivity index (χ1v) is 11.8. The van der Waals surface area contributed by atoms with Crippen molar-refractivity contribution in [3.05, 3.63) is 57.2 Å². The van der Waals surface area contributed by atoms with Crippen LogP contribution in [0.25, 0.3) is 0 Å². The van der Waals surface area contributed by atoms with Gasteiger partial charge in [-0.2, -0.15) is 0 Å². The van der Waals surface area contributed by atoms with Crippen LogP contribution in [0.2, 0.25) is 0 Å². The molecule has 3 nitrogen and oxygen atoms in total. The zero-order valence-corrected chi connectivity index (χ0v) is 19.8. The molecule has 158 valence electrons. The number of aliphatic hydroxyl groups excluding tert-OH is 1. The second kappa shape index (κ2) is 9.34. The summed E-state index contributed by atoms with van der Waals surface area (Å²) in [5.74, 6) is 0.914. The van der Waals surface area contributed by atoms with Crippen LogP contribution in [0.15, 0.2) is 48.1 Å². The summed E-state index contributed by atoms with van der Waals surface area (Å²) in [6, 6.07) is 8.72. The maximum absolute atomic E-state index is 11.0. The van der Waals surface area contributed by atoms with E-state index in [9.17, 15) is 9.90 Å². The summed E-state index contributed by atoms with van der Waals surface area (Å²) in [6.45, 7) is 6.87. The van der Waals surface area contributed by atoms with Gasteiger partial charge in [0.15, 0.2) is 0 Å². The second-order valence-electron chi connectivity index (χ2n) is 9.40. The number of allylic oxidation sites excluding steroid dienone is 3. The van der Waals surface area contributed by atoms with Crippen molar-refractivity contribution < 1.29 is 15.0 Å². The summed E-state index contributed by atoms with van der Waals surface area (Å²) in [5, 5.41) is 19.8. The monoisotopic (exact) mass is 508 g/mol. The van der Waals surface area contributed by atoms with E-state index in [-0.39, 0.29) is 11.5 Å². The van der Waals surface area contributed by atoms with Crippen LogP contribution in [0.1, 0.15) is 52.0 Å². The maximum Gasteiger partial charge on any atom is 0.328 e. The van der Waals surface area contributed by atoms with Crippen LogP contribution in [0.3, 0.4) is 0 Å². The lowest BCUT2D eigenvalue weighted by Crippen LogP contribution is -2.52. The molecule has 0 aromatic heterocycles. The zero-order chi connectivity index (χ0) is 21.2. The Balaban J connectivity index is 1.78. The van der Waals surface area contributed by atoms with Gasteiger partial charge in [-0.25, -0.2) is 4.79 Å². The molecule has 6 atom stereocenters. The van der Waals surface area contributed by atoms with Crippen LogP contribution in [0, 0.1) is 32.7 Å². The van der Waals surface area contributed by atoms with E-state index in [0.717, 1.165) is 32.1 Å². The van der Waals surface area contributed by atoms with Gasteiger partial charge in [0.25, 0.3) is 0 Å². The highest BCUT2D eigenvalue weighted by molar-refractivity contribution is 14.1. The Bertz CT molecular complexity index is 782. The molecule has 1 aromatic carbocycles. The van der Waals surface area contributed by atoms with E-state index in [2.05, 4.69) is 67.6 Å². The molecule has 0 aliphatic heterocycles. The Hall–Kier alpha value is -1.14. The standard InChI is InChI=1S/C25H33IO3/c1-16(5-4-6-24(28)29)19-9-12-22-21(14-18-7-10-20(26)11-8-18)23(27)13-17(2)25(22,3)15-19/h4-8,10-11,17,19,21-23,27H,9,12-15H2,1-3H3,(H,28,29)/b6-4+,16-5+/t17-,19-,21+,22+,23-,25+/m1/s1. The number of halogens is 1. The third kappa shape index (κ3) is 5.13. The smallest absolute Gasteiger partial charge is 0.328 e. The van der Waals surface area contributed by atoms with Crippen molar-refractivity contribution >= 4 is 28.6 Å². The fourth-order valence-electron chi connectivity index (χ4n) is 5.82. The molecule has 4 heteroatoms. The van der Waals surface area contributed by atoms with Crippen molar-refractivity contribution in [3.63, 3.8) is 0 Å². The molecule has 0 amide bonds. The van der Waals surface area contributed by atoms with Crippen molar-refractivity contribution in [1.82, 2.24) is 0 Å². The van der Waals surface area contributed by atoms with E-state index in [1.807, 2.05) is 6.08 Å². The first-order chi connectivity index (χ1) is 13.7. The molecule has 0 saturated heterocycles. The molecule has 0 unspecified atom stereocenters. The summed E-state index contributed by atoms with van der Waals surface area (Å²) < 4.78 is 1.24. The molecule has 2 saturated carbocycles. The van der Waals surface area contributed by atoms with Gasteiger partial charge in [0.1, 0.15) is 0 Å². The number of carboxylic acid groups (broad SMARTS) is 1. The van der Waals surface area contributed by atoms with Crippen LogP contribution >= 0.6 is 22.6 Å². The van der Waals surface area contributed by atoms with Gasteiger partial charge in [0, 0.05) is 9.65 Å². The lowest BCUT2D eigenvalue weighted by molar-refractivity contribution is -0.131. The molecule has 1 aromatic rings. The average Bonchev–Trinajstić information content (AvgIpc) is 2.66. The van der Waals surface area contributed by atoms with Crippen molar-refractivity contribution in [2.75, 3.05) is 0 Å². The molecule has 2 N–H and O–H groups in total. The highest BCUT2D eigenvalue weighted by Gasteiger charge is 2.52. The summed E-state index contributed by atoms with van der Waals surface area (Å²) >= 11 is 2.34. The molecule has 3 rings (SSSR count). The topological polar surface area (TPSA) is 57.5 Å². The van der Waals surface area contributed by atoms with Gasteiger partial charge in [0.2, 0.25) is 0 Å². The fraction of sp³-hybridized carbons (Fsp3) is 0.560. The number of rotatable bonds is 5. The van der Waals surface area contributed by atoms with Crippen molar-refractivity contribution in [3.8, 4) is 0 Å². The predicted molar refractivity (Wildman–Crippen MR) is 126 cm³/mol. The Morgan fingerprint density at radius 2 is 1.97 bits per heavy atom.